The predicted molar refractivity (Wildman–Crippen MR) is 83.8 cm³/mol. The number of alkyl halides is 1. The number of hydrogen-bond donors (Lipinski definition) is 0. The van der Waals surface area contributed by atoms with Gasteiger partial charge in [-0.05, 0) is 35.4 Å². The van der Waals surface area contributed by atoms with Crippen molar-refractivity contribution in [3.8, 4) is 11.5 Å². The van der Waals surface area contributed by atoms with Crippen molar-refractivity contribution in [1.82, 2.24) is 0 Å². The average Bonchev–Trinajstić information content (AvgIpc) is 2.70. The lowest BCUT2D eigenvalue weighted by Crippen LogP contribution is -1.98. The maximum absolute atomic E-state index is 13.4. The number of halogens is 3. The van der Waals surface area contributed by atoms with Crippen LogP contribution in [0.5, 0.6) is 11.5 Å². The van der Waals surface area contributed by atoms with Crippen molar-refractivity contribution in [3.63, 3.8) is 0 Å². The van der Waals surface area contributed by atoms with E-state index in [-0.39, 0.29) is 5.82 Å². The van der Waals surface area contributed by atoms with Crippen LogP contribution in [0.1, 0.15) is 22.9 Å². The number of hydrogen-bond acceptors (Lipinski definition) is 2. The number of rotatable bonds is 2. The molecule has 1 atom stereocenters. The SMILES string of the molecule is Fc1cccc(C(Cl)c2cc3c(cc2Br)OCCCO3)c1. The van der Waals surface area contributed by atoms with Crippen molar-refractivity contribution in [1.29, 1.82) is 0 Å². The molecule has 0 spiro atoms. The lowest BCUT2D eigenvalue weighted by molar-refractivity contribution is 0.297. The molecule has 1 aliphatic rings. The summed E-state index contributed by atoms with van der Waals surface area (Å²) < 4.78 is 25.5. The molecule has 0 bridgehead atoms. The minimum atomic E-state index is -0.466. The van der Waals surface area contributed by atoms with Gasteiger partial charge in [-0.25, -0.2) is 4.39 Å². The molecular formula is C16H13BrClFO2. The van der Waals surface area contributed by atoms with Crippen LogP contribution in [-0.4, -0.2) is 13.2 Å². The van der Waals surface area contributed by atoms with Crippen LogP contribution in [0.15, 0.2) is 40.9 Å². The normalized spacial score (nSPS) is 15.4. The van der Waals surface area contributed by atoms with Gasteiger partial charge in [-0.2, -0.15) is 0 Å². The smallest absolute Gasteiger partial charge is 0.162 e. The summed E-state index contributed by atoms with van der Waals surface area (Å²) in [5, 5.41) is -0.466. The van der Waals surface area contributed by atoms with E-state index in [1.54, 1.807) is 12.1 Å². The van der Waals surface area contributed by atoms with Gasteiger partial charge in [0.1, 0.15) is 5.82 Å². The Kier molecular flexibility index (Phi) is 4.36. The Bertz CT molecular complexity index is 663. The molecule has 5 heteroatoms. The van der Waals surface area contributed by atoms with Crippen LogP contribution >= 0.6 is 27.5 Å². The van der Waals surface area contributed by atoms with Crippen LogP contribution in [-0.2, 0) is 0 Å². The predicted octanol–water partition coefficient (Wildman–Crippen LogP) is 5.08. The molecule has 110 valence electrons. The zero-order chi connectivity index (χ0) is 14.8. The van der Waals surface area contributed by atoms with E-state index in [1.807, 2.05) is 12.1 Å². The van der Waals surface area contributed by atoms with E-state index in [0.29, 0.717) is 30.3 Å². The second-order valence-corrected chi connectivity index (χ2v) is 6.08. The number of fused-ring (bicyclic) bond motifs is 1. The summed E-state index contributed by atoms with van der Waals surface area (Å²) in [6.07, 6.45) is 0.843. The van der Waals surface area contributed by atoms with Gasteiger partial charge in [0, 0.05) is 10.9 Å². The minimum absolute atomic E-state index is 0.302. The van der Waals surface area contributed by atoms with Crippen molar-refractivity contribution in [3.05, 3.63) is 57.8 Å². The first-order valence-corrected chi connectivity index (χ1v) is 7.86. The van der Waals surface area contributed by atoms with Crippen LogP contribution in [0.3, 0.4) is 0 Å². The van der Waals surface area contributed by atoms with Crippen molar-refractivity contribution in [2.45, 2.75) is 11.8 Å². The van der Waals surface area contributed by atoms with Crippen LogP contribution in [0.25, 0.3) is 0 Å². The molecular weight excluding hydrogens is 359 g/mol. The summed E-state index contributed by atoms with van der Waals surface area (Å²) in [6, 6.07) is 9.99. The molecule has 21 heavy (non-hydrogen) atoms. The maximum atomic E-state index is 13.4. The van der Waals surface area contributed by atoms with Gasteiger partial charge in [0.05, 0.1) is 18.6 Å². The zero-order valence-electron chi connectivity index (χ0n) is 11.1. The van der Waals surface area contributed by atoms with Crippen LogP contribution in [0.4, 0.5) is 4.39 Å². The van der Waals surface area contributed by atoms with Crippen LogP contribution in [0.2, 0.25) is 0 Å². The van der Waals surface area contributed by atoms with Crippen LogP contribution in [0, 0.1) is 5.82 Å². The van der Waals surface area contributed by atoms with Gasteiger partial charge in [0.25, 0.3) is 0 Å². The molecule has 0 aromatic heterocycles. The molecule has 0 aliphatic carbocycles. The summed E-state index contributed by atoms with van der Waals surface area (Å²) in [4.78, 5) is 0. The second-order valence-electron chi connectivity index (χ2n) is 4.79. The molecule has 1 unspecified atom stereocenters. The van der Waals surface area contributed by atoms with Gasteiger partial charge in [-0.3, -0.25) is 0 Å². The molecule has 1 aliphatic heterocycles. The summed E-state index contributed by atoms with van der Waals surface area (Å²) in [6.45, 7) is 1.24. The van der Waals surface area contributed by atoms with Crippen molar-refractivity contribution >= 4 is 27.5 Å². The van der Waals surface area contributed by atoms with Gasteiger partial charge in [-0.15, -0.1) is 11.6 Å². The van der Waals surface area contributed by atoms with Gasteiger partial charge in [0.15, 0.2) is 11.5 Å². The Labute approximate surface area is 136 Å². The molecule has 1 heterocycles. The summed E-state index contributed by atoms with van der Waals surface area (Å²) in [5.74, 6) is 1.07. The molecule has 0 radical (unpaired) electrons. The Hall–Kier alpha value is -1.26. The summed E-state index contributed by atoms with van der Waals surface area (Å²) >= 11 is 10.0. The Balaban J connectivity index is 2.00. The third kappa shape index (κ3) is 3.16. The molecule has 0 saturated carbocycles. The minimum Gasteiger partial charge on any atom is -0.490 e. The van der Waals surface area contributed by atoms with Gasteiger partial charge in [-0.1, -0.05) is 28.1 Å². The van der Waals surface area contributed by atoms with E-state index in [2.05, 4.69) is 15.9 Å². The Morgan fingerprint density at radius 2 is 1.81 bits per heavy atom. The highest BCUT2D eigenvalue weighted by molar-refractivity contribution is 9.10. The molecule has 2 nitrogen and oxygen atoms in total. The fraction of sp³-hybridized carbons (Fsp3) is 0.250. The topological polar surface area (TPSA) is 18.5 Å². The third-order valence-electron chi connectivity index (χ3n) is 3.28. The van der Waals surface area contributed by atoms with Crippen LogP contribution < -0.4 is 9.47 Å². The van der Waals surface area contributed by atoms with E-state index >= 15 is 0 Å². The van der Waals surface area contributed by atoms with Crippen molar-refractivity contribution in [2.24, 2.45) is 0 Å². The van der Waals surface area contributed by atoms with Crippen molar-refractivity contribution < 1.29 is 13.9 Å². The van der Waals surface area contributed by atoms with Gasteiger partial charge >= 0.3 is 0 Å². The van der Waals surface area contributed by atoms with E-state index in [1.165, 1.54) is 12.1 Å². The standard InChI is InChI=1S/C16H13BrClFO2/c17-13-9-15-14(20-5-2-6-21-15)8-12(13)16(18)10-3-1-4-11(19)7-10/h1,3-4,7-9,16H,2,5-6H2. The summed E-state index contributed by atoms with van der Waals surface area (Å²) in [5.41, 5.74) is 1.53. The molecule has 2 aromatic carbocycles. The monoisotopic (exact) mass is 370 g/mol. The molecule has 0 fully saturated rings. The molecule has 3 rings (SSSR count). The highest BCUT2D eigenvalue weighted by Crippen LogP contribution is 2.41. The van der Waals surface area contributed by atoms with E-state index in [9.17, 15) is 4.39 Å². The molecule has 0 saturated heterocycles. The highest BCUT2D eigenvalue weighted by atomic mass is 79.9. The number of ether oxygens (including phenoxy) is 2. The van der Waals surface area contributed by atoms with Gasteiger partial charge < -0.3 is 9.47 Å². The highest BCUT2D eigenvalue weighted by Gasteiger charge is 2.20. The quantitative estimate of drug-likeness (QED) is 0.686. The first kappa shape index (κ1) is 14.7. The Morgan fingerprint density at radius 1 is 1.10 bits per heavy atom. The average molecular weight is 372 g/mol. The Morgan fingerprint density at radius 3 is 2.52 bits per heavy atom. The maximum Gasteiger partial charge on any atom is 0.162 e. The lowest BCUT2D eigenvalue weighted by atomic mass is 10.0. The molecule has 2 aromatic rings. The van der Waals surface area contributed by atoms with Gasteiger partial charge in [0.2, 0.25) is 0 Å². The third-order valence-corrected chi connectivity index (χ3v) is 4.46. The first-order valence-electron chi connectivity index (χ1n) is 6.64. The largest absolute Gasteiger partial charge is 0.490 e. The lowest BCUT2D eigenvalue weighted by Gasteiger charge is -2.16. The second kappa shape index (κ2) is 6.24. The zero-order valence-corrected chi connectivity index (χ0v) is 13.5. The first-order chi connectivity index (χ1) is 10.1. The van der Waals surface area contributed by atoms with E-state index in [0.717, 1.165) is 16.5 Å². The molecule has 0 amide bonds. The summed E-state index contributed by atoms with van der Waals surface area (Å²) in [7, 11) is 0. The van der Waals surface area contributed by atoms with Crippen molar-refractivity contribution in [2.75, 3.05) is 13.2 Å². The fourth-order valence-electron chi connectivity index (χ4n) is 2.24. The van der Waals surface area contributed by atoms with E-state index in [4.69, 9.17) is 21.1 Å². The van der Waals surface area contributed by atoms with E-state index < -0.39 is 5.38 Å². The number of benzene rings is 2. The molecule has 0 N–H and O–H groups in total. The fourth-order valence-corrected chi connectivity index (χ4v) is 3.24.